The van der Waals surface area contributed by atoms with Crippen LogP contribution in [0.2, 0.25) is 0 Å². The minimum absolute atomic E-state index is 0.0755. The highest BCUT2D eigenvalue weighted by atomic mass is 19.1. The number of amides is 3. The molecule has 4 heterocycles. The number of pyridine rings is 1. The molecule has 198 valence electrons. The Kier molecular flexibility index (Phi) is 6.51. The number of nitrogens with one attached hydrogen (secondary N) is 1. The van der Waals surface area contributed by atoms with Crippen molar-refractivity contribution in [3.8, 4) is 11.6 Å². The molecule has 2 aliphatic heterocycles. The number of aromatic nitrogens is 3. The topological polar surface area (TPSA) is 105 Å². The first kappa shape index (κ1) is 25.2. The fourth-order valence-corrected chi connectivity index (χ4v) is 4.57. The van der Waals surface area contributed by atoms with Crippen molar-refractivity contribution < 1.29 is 27.5 Å². The summed E-state index contributed by atoms with van der Waals surface area (Å²) in [6, 6.07) is 3.42. The van der Waals surface area contributed by atoms with E-state index < -0.39 is 35.6 Å². The van der Waals surface area contributed by atoms with Gasteiger partial charge in [0.15, 0.2) is 17.4 Å². The molecule has 5 rings (SSSR count). The van der Waals surface area contributed by atoms with Gasteiger partial charge in [0.05, 0.1) is 42.3 Å². The zero-order valence-electron chi connectivity index (χ0n) is 20.8. The molecule has 38 heavy (non-hydrogen) atoms. The molecule has 0 spiro atoms. The van der Waals surface area contributed by atoms with E-state index in [-0.39, 0.29) is 30.6 Å². The number of hydrazone groups is 1. The van der Waals surface area contributed by atoms with Gasteiger partial charge in [0, 0.05) is 31.8 Å². The van der Waals surface area contributed by atoms with Crippen LogP contribution >= 0.6 is 0 Å². The second-order valence-electron chi connectivity index (χ2n) is 9.03. The fourth-order valence-electron chi connectivity index (χ4n) is 4.57. The van der Waals surface area contributed by atoms with Crippen LogP contribution in [-0.2, 0) is 0 Å². The standard InChI is InChI=1S/C25H24F3N7O3/c1-13-23(24(36)29-3)14(2)34(32-13)22-9-21(19(28)10-30-22)38-18-11-33(12-18)25(37)35-20(4-5-31-35)15-6-16(26)8-17(27)7-15/h5-10,18,20H,4,11-12H2,1-3H3,(H,29,36). The molecule has 1 N–H and O–H groups in total. The third kappa shape index (κ3) is 4.55. The van der Waals surface area contributed by atoms with E-state index in [4.69, 9.17) is 4.74 Å². The van der Waals surface area contributed by atoms with Crippen LogP contribution in [0.15, 0.2) is 35.6 Å². The lowest BCUT2D eigenvalue weighted by Gasteiger charge is -2.41. The molecule has 0 radical (unpaired) electrons. The predicted molar refractivity (Wildman–Crippen MR) is 130 cm³/mol. The van der Waals surface area contributed by atoms with Gasteiger partial charge >= 0.3 is 6.03 Å². The lowest BCUT2D eigenvalue weighted by Crippen LogP contribution is -2.58. The van der Waals surface area contributed by atoms with Crippen molar-refractivity contribution in [2.24, 2.45) is 5.10 Å². The van der Waals surface area contributed by atoms with Crippen molar-refractivity contribution in [2.75, 3.05) is 20.1 Å². The van der Waals surface area contributed by atoms with Gasteiger partial charge in [-0.1, -0.05) is 0 Å². The first-order chi connectivity index (χ1) is 18.2. The summed E-state index contributed by atoms with van der Waals surface area (Å²) >= 11 is 0. The van der Waals surface area contributed by atoms with E-state index >= 15 is 0 Å². The first-order valence-corrected chi connectivity index (χ1v) is 11.8. The SMILES string of the molecule is CNC(=O)c1c(C)nn(-c2cc(OC3CN(C(=O)N4N=CCC4c4cc(F)cc(F)c4)C3)c(F)cn2)c1C. The maximum Gasteiger partial charge on any atom is 0.341 e. The number of carbonyl (C=O) groups excluding carboxylic acids is 2. The summed E-state index contributed by atoms with van der Waals surface area (Å²) in [5.74, 6) is -2.27. The molecule has 2 aliphatic rings. The largest absolute Gasteiger partial charge is 0.483 e. The summed E-state index contributed by atoms with van der Waals surface area (Å²) in [6.45, 7) is 3.71. The highest BCUT2D eigenvalue weighted by Crippen LogP contribution is 2.32. The molecule has 3 aromatic rings. The summed E-state index contributed by atoms with van der Waals surface area (Å²) in [5, 5.41) is 12.2. The normalized spacial score (nSPS) is 17.1. The number of ether oxygens (including phenoxy) is 1. The molecule has 1 atom stereocenters. The Labute approximate surface area is 215 Å². The minimum Gasteiger partial charge on any atom is -0.483 e. The van der Waals surface area contributed by atoms with Gasteiger partial charge in [-0.15, -0.1) is 0 Å². The highest BCUT2D eigenvalue weighted by Gasteiger charge is 2.39. The van der Waals surface area contributed by atoms with Crippen molar-refractivity contribution in [1.82, 2.24) is 30.0 Å². The molecule has 10 nitrogen and oxygen atoms in total. The second kappa shape index (κ2) is 9.80. The number of aryl methyl sites for hydroxylation is 1. The van der Waals surface area contributed by atoms with Gasteiger partial charge in [-0.3, -0.25) is 4.79 Å². The van der Waals surface area contributed by atoms with Crippen molar-refractivity contribution in [1.29, 1.82) is 0 Å². The third-order valence-electron chi connectivity index (χ3n) is 6.48. The van der Waals surface area contributed by atoms with E-state index in [1.54, 1.807) is 13.8 Å². The number of hydrogen-bond acceptors (Lipinski definition) is 6. The zero-order chi connectivity index (χ0) is 27.1. The van der Waals surface area contributed by atoms with E-state index in [0.29, 0.717) is 28.9 Å². The summed E-state index contributed by atoms with van der Waals surface area (Å²) in [4.78, 5) is 30.7. The maximum atomic E-state index is 14.5. The summed E-state index contributed by atoms with van der Waals surface area (Å²) in [6.07, 6.45) is 2.34. The Morgan fingerprint density at radius 2 is 1.79 bits per heavy atom. The van der Waals surface area contributed by atoms with E-state index in [0.717, 1.165) is 12.3 Å². The van der Waals surface area contributed by atoms with Crippen LogP contribution in [0.4, 0.5) is 18.0 Å². The number of benzene rings is 1. The van der Waals surface area contributed by atoms with Gasteiger partial charge in [0.25, 0.3) is 5.91 Å². The average Bonchev–Trinajstić information content (AvgIpc) is 3.45. The second-order valence-corrected chi connectivity index (χ2v) is 9.03. The number of hydrogen-bond donors (Lipinski definition) is 1. The Bertz CT molecular complexity index is 1430. The molecule has 1 fully saturated rings. The number of nitrogens with zero attached hydrogens (tertiary/aromatic N) is 6. The highest BCUT2D eigenvalue weighted by molar-refractivity contribution is 5.96. The van der Waals surface area contributed by atoms with Crippen LogP contribution in [0.5, 0.6) is 5.75 Å². The quantitative estimate of drug-likeness (QED) is 0.549. The van der Waals surface area contributed by atoms with Crippen molar-refractivity contribution in [2.45, 2.75) is 32.4 Å². The Balaban J connectivity index is 1.26. The van der Waals surface area contributed by atoms with Crippen LogP contribution in [0.3, 0.4) is 0 Å². The van der Waals surface area contributed by atoms with Gasteiger partial charge < -0.3 is 15.0 Å². The van der Waals surface area contributed by atoms with Crippen LogP contribution in [0.25, 0.3) is 5.82 Å². The molecule has 0 saturated carbocycles. The first-order valence-electron chi connectivity index (χ1n) is 11.8. The smallest absolute Gasteiger partial charge is 0.341 e. The van der Waals surface area contributed by atoms with E-state index in [1.165, 1.54) is 46.1 Å². The van der Waals surface area contributed by atoms with Crippen LogP contribution in [0.1, 0.15) is 39.8 Å². The van der Waals surface area contributed by atoms with Gasteiger partial charge in [-0.25, -0.2) is 32.6 Å². The molecule has 3 amide bonds. The third-order valence-corrected chi connectivity index (χ3v) is 6.48. The molecule has 0 aliphatic carbocycles. The maximum absolute atomic E-state index is 14.5. The van der Waals surface area contributed by atoms with Gasteiger partial charge in [0.1, 0.15) is 17.7 Å². The molecule has 1 aromatic carbocycles. The molecule has 1 unspecified atom stereocenters. The van der Waals surface area contributed by atoms with Crippen LogP contribution in [0, 0.1) is 31.3 Å². The van der Waals surface area contributed by atoms with E-state index in [1.807, 2.05) is 0 Å². The van der Waals surface area contributed by atoms with Gasteiger partial charge in [0.2, 0.25) is 0 Å². The van der Waals surface area contributed by atoms with Crippen LogP contribution in [-0.4, -0.2) is 69.1 Å². The zero-order valence-corrected chi connectivity index (χ0v) is 20.8. The lowest BCUT2D eigenvalue weighted by molar-refractivity contribution is 0.0256. The Hall–Kier alpha value is -4.42. The molecular weight excluding hydrogens is 503 g/mol. The minimum atomic E-state index is -0.735. The number of urea groups is 1. The molecule has 2 aromatic heterocycles. The monoisotopic (exact) mass is 527 g/mol. The summed E-state index contributed by atoms with van der Waals surface area (Å²) < 4.78 is 49.1. The number of carbonyl (C=O) groups is 2. The lowest BCUT2D eigenvalue weighted by atomic mass is 10.0. The van der Waals surface area contributed by atoms with Crippen molar-refractivity contribution in [3.63, 3.8) is 0 Å². The summed E-state index contributed by atoms with van der Waals surface area (Å²) in [5.41, 5.74) is 1.73. The van der Waals surface area contributed by atoms with Gasteiger partial charge in [-0.05, 0) is 31.5 Å². The number of likely N-dealkylation sites (tertiary alicyclic amines) is 1. The van der Waals surface area contributed by atoms with Crippen LogP contribution < -0.4 is 10.1 Å². The van der Waals surface area contributed by atoms with E-state index in [2.05, 4.69) is 20.5 Å². The molecular formula is C25H24F3N7O3. The molecule has 1 saturated heterocycles. The fraction of sp³-hybridized carbons (Fsp3) is 0.320. The van der Waals surface area contributed by atoms with Gasteiger partial charge in [-0.2, -0.15) is 10.2 Å². The Morgan fingerprint density at radius 3 is 2.47 bits per heavy atom. The van der Waals surface area contributed by atoms with Crippen molar-refractivity contribution >= 4 is 18.2 Å². The molecule has 0 bridgehead atoms. The predicted octanol–water partition coefficient (Wildman–Crippen LogP) is 3.28. The van der Waals surface area contributed by atoms with E-state index in [9.17, 15) is 22.8 Å². The number of rotatable bonds is 5. The van der Waals surface area contributed by atoms with Crippen molar-refractivity contribution in [3.05, 3.63) is 70.4 Å². The molecule has 13 heteroatoms. The number of halogens is 3. The average molecular weight is 528 g/mol. The summed E-state index contributed by atoms with van der Waals surface area (Å²) in [7, 11) is 1.52. The Morgan fingerprint density at radius 1 is 1.08 bits per heavy atom.